The molecule has 2 N–H and O–H groups in total. The van der Waals surface area contributed by atoms with Gasteiger partial charge in [-0.1, -0.05) is 13.8 Å². The van der Waals surface area contributed by atoms with Crippen LogP contribution < -0.4 is 5.32 Å². The van der Waals surface area contributed by atoms with Gasteiger partial charge < -0.3 is 14.8 Å². The number of fused-ring (bicyclic) bond motifs is 1. The fourth-order valence-corrected chi connectivity index (χ4v) is 1.94. The monoisotopic (exact) mass is 283 g/mol. The van der Waals surface area contributed by atoms with E-state index in [1.54, 1.807) is 0 Å². The molecule has 0 bridgehead atoms. The molecule has 0 aliphatic heterocycles. The van der Waals surface area contributed by atoms with Crippen molar-refractivity contribution in [2.24, 2.45) is 0 Å². The van der Waals surface area contributed by atoms with Crippen LogP contribution in [0.5, 0.6) is 0 Å². The number of aryl methyl sites for hydroxylation is 2. The highest BCUT2D eigenvalue weighted by atomic mass is 35.5. The third-order valence-corrected chi connectivity index (χ3v) is 3.20. The maximum atomic E-state index is 10.1. The van der Waals surface area contributed by atoms with Crippen LogP contribution in [0, 0.1) is 13.8 Å². The number of aliphatic hydroxyl groups excluding tert-OH is 1. The van der Waals surface area contributed by atoms with Crippen LogP contribution in [-0.2, 0) is 0 Å². The average Bonchev–Trinajstić information content (AvgIpc) is 2.69. The second kappa shape index (κ2) is 6.42. The normalized spacial score (nSPS) is 12.7. The van der Waals surface area contributed by atoms with Gasteiger partial charge in [-0.3, -0.25) is 0 Å². The fourth-order valence-electron chi connectivity index (χ4n) is 1.94. The van der Waals surface area contributed by atoms with Gasteiger partial charge in [0.25, 0.3) is 0 Å². The van der Waals surface area contributed by atoms with Crippen LogP contribution >= 0.6 is 12.4 Å². The van der Waals surface area contributed by atoms with E-state index in [0.717, 1.165) is 11.0 Å². The molecule has 0 amide bonds. The summed E-state index contributed by atoms with van der Waals surface area (Å²) in [6.45, 7) is 8.76. The standard InChI is InChI=1S/C15H21NO2.ClH/c1-9(2)16-8-13(17)15-7-12-5-10(3)11(4)6-14(12)18-15;/h5-7,9,13,16-17H,8H2,1-4H3;1H. The molecule has 19 heavy (non-hydrogen) atoms. The number of hydrogen-bond acceptors (Lipinski definition) is 3. The molecule has 1 atom stereocenters. The van der Waals surface area contributed by atoms with Crippen LogP contribution in [0.4, 0.5) is 0 Å². The van der Waals surface area contributed by atoms with Crippen LogP contribution in [-0.4, -0.2) is 17.7 Å². The second-order valence-electron chi connectivity index (χ2n) is 5.20. The first-order valence-corrected chi connectivity index (χ1v) is 6.39. The van der Waals surface area contributed by atoms with Crippen LogP contribution in [0.3, 0.4) is 0 Å². The van der Waals surface area contributed by atoms with Crippen molar-refractivity contribution in [3.8, 4) is 0 Å². The molecule has 2 aromatic rings. The highest BCUT2D eigenvalue weighted by Gasteiger charge is 2.14. The Morgan fingerprint density at radius 1 is 1.16 bits per heavy atom. The Morgan fingerprint density at radius 2 is 1.79 bits per heavy atom. The Labute approximate surface area is 120 Å². The molecule has 1 unspecified atom stereocenters. The first kappa shape index (κ1) is 16.0. The van der Waals surface area contributed by atoms with Gasteiger partial charge in [0.1, 0.15) is 17.4 Å². The molecule has 0 fully saturated rings. The van der Waals surface area contributed by atoms with E-state index < -0.39 is 6.10 Å². The van der Waals surface area contributed by atoms with Crippen molar-refractivity contribution in [1.82, 2.24) is 5.32 Å². The van der Waals surface area contributed by atoms with Gasteiger partial charge >= 0.3 is 0 Å². The molecule has 0 aliphatic rings. The molecule has 0 spiro atoms. The predicted octanol–water partition coefficient (Wildman–Crippen LogP) is 3.50. The number of rotatable bonds is 4. The van der Waals surface area contributed by atoms with Gasteiger partial charge in [-0.25, -0.2) is 0 Å². The van der Waals surface area contributed by atoms with Crippen molar-refractivity contribution in [2.45, 2.75) is 39.8 Å². The van der Waals surface area contributed by atoms with Gasteiger partial charge in [-0.2, -0.15) is 0 Å². The molecular weight excluding hydrogens is 262 g/mol. The summed E-state index contributed by atoms with van der Waals surface area (Å²) >= 11 is 0. The molecule has 0 aliphatic carbocycles. The van der Waals surface area contributed by atoms with Crippen molar-refractivity contribution >= 4 is 23.4 Å². The molecule has 0 saturated carbocycles. The summed E-state index contributed by atoms with van der Waals surface area (Å²) in [6.07, 6.45) is -0.597. The zero-order valence-corrected chi connectivity index (χ0v) is 12.7. The number of benzene rings is 1. The minimum atomic E-state index is -0.597. The second-order valence-corrected chi connectivity index (χ2v) is 5.20. The Morgan fingerprint density at radius 3 is 2.42 bits per heavy atom. The molecule has 1 aromatic carbocycles. The van der Waals surface area contributed by atoms with E-state index in [2.05, 4.69) is 39.1 Å². The first-order chi connectivity index (χ1) is 8.47. The van der Waals surface area contributed by atoms with Gasteiger partial charge in [0.2, 0.25) is 0 Å². The lowest BCUT2D eigenvalue weighted by molar-refractivity contribution is 0.147. The smallest absolute Gasteiger partial charge is 0.135 e. The van der Waals surface area contributed by atoms with Gasteiger partial charge in [0.15, 0.2) is 0 Å². The lowest BCUT2D eigenvalue weighted by atomic mass is 10.1. The molecule has 106 valence electrons. The number of halogens is 1. The van der Waals surface area contributed by atoms with E-state index in [1.807, 2.05) is 12.1 Å². The minimum Gasteiger partial charge on any atom is -0.458 e. The molecular formula is C15H22ClNO2. The molecule has 4 heteroatoms. The summed E-state index contributed by atoms with van der Waals surface area (Å²) in [5, 5.41) is 14.3. The topological polar surface area (TPSA) is 45.4 Å². The molecule has 0 radical (unpaired) electrons. The summed E-state index contributed by atoms with van der Waals surface area (Å²) < 4.78 is 5.71. The minimum absolute atomic E-state index is 0. The van der Waals surface area contributed by atoms with Crippen molar-refractivity contribution in [1.29, 1.82) is 0 Å². The van der Waals surface area contributed by atoms with Crippen molar-refractivity contribution in [3.63, 3.8) is 0 Å². The van der Waals surface area contributed by atoms with E-state index in [-0.39, 0.29) is 12.4 Å². The maximum Gasteiger partial charge on any atom is 0.135 e. The van der Waals surface area contributed by atoms with Crippen molar-refractivity contribution < 1.29 is 9.52 Å². The summed E-state index contributed by atoms with van der Waals surface area (Å²) in [5.41, 5.74) is 3.29. The van der Waals surface area contributed by atoms with Crippen LogP contribution in [0.25, 0.3) is 11.0 Å². The van der Waals surface area contributed by atoms with Crippen LogP contribution in [0.15, 0.2) is 22.6 Å². The zero-order chi connectivity index (χ0) is 13.3. The third kappa shape index (κ3) is 3.72. The van der Waals surface area contributed by atoms with Crippen LogP contribution in [0.1, 0.15) is 36.8 Å². The highest BCUT2D eigenvalue weighted by Crippen LogP contribution is 2.26. The summed E-state index contributed by atoms with van der Waals surface area (Å²) in [6, 6.07) is 6.40. The summed E-state index contributed by atoms with van der Waals surface area (Å²) in [7, 11) is 0. The van der Waals surface area contributed by atoms with E-state index in [9.17, 15) is 5.11 Å². The Kier molecular flexibility index (Phi) is 5.41. The first-order valence-electron chi connectivity index (χ1n) is 6.39. The Hall–Kier alpha value is -1.03. The van der Waals surface area contributed by atoms with E-state index in [4.69, 9.17) is 4.42 Å². The number of nitrogens with one attached hydrogen (secondary N) is 1. The fraction of sp³-hybridized carbons (Fsp3) is 0.467. The SMILES string of the molecule is Cc1cc2cc(C(O)CNC(C)C)oc2cc1C.Cl. The number of furan rings is 1. The maximum absolute atomic E-state index is 10.1. The Balaban J connectivity index is 0.00000180. The quantitative estimate of drug-likeness (QED) is 0.903. The van der Waals surface area contributed by atoms with Gasteiger partial charge in [-0.05, 0) is 43.2 Å². The lowest BCUT2D eigenvalue weighted by Crippen LogP contribution is -2.27. The van der Waals surface area contributed by atoms with Gasteiger partial charge in [0.05, 0.1) is 0 Å². The largest absolute Gasteiger partial charge is 0.458 e. The summed E-state index contributed by atoms with van der Waals surface area (Å²) in [4.78, 5) is 0. The van der Waals surface area contributed by atoms with Crippen molar-refractivity contribution in [2.75, 3.05) is 6.54 Å². The van der Waals surface area contributed by atoms with Crippen LogP contribution in [0.2, 0.25) is 0 Å². The highest BCUT2D eigenvalue weighted by molar-refractivity contribution is 5.85. The van der Waals surface area contributed by atoms with E-state index >= 15 is 0 Å². The van der Waals surface area contributed by atoms with E-state index in [0.29, 0.717) is 18.3 Å². The van der Waals surface area contributed by atoms with Gasteiger partial charge in [0, 0.05) is 18.0 Å². The van der Waals surface area contributed by atoms with E-state index in [1.165, 1.54) is 11.1 Å². The lowest BCUT2D eigenvalue weighted by Gasteiger charge is -2.11. The molecule has 1 aromatic heterocycles. The summed E-state index contributed by atoms with van der Waals surface area (Å²) in [5.74, 6) is 0.628. The van der Waals surface area contributed by atoms with Gasteiger partial charge in [-0.15, -0.1) is 12.4 Å². The molecule has 1 heterocycles. The predicted molar refractivity (Wildman–Crippen MR) is 81.0 cm³/mol. The number of hydrogen-bond donors (Lipinski definition) is 2. The molecule has 0 saturated heterocycles. The molecule has 3 nitrogen and oxygen atoms in total. The van der Waals surface area contributed by atoms with Crippen molar-refractivity contribution in [3.05, 3.63) is 35.1 Å². The third-order valence-electron chi connectivity index (χ3n) is 3.20. The number of aliphatic hydroxyl groups is 1. The average molecular weight is 284 g/mol. The Bertz CT molecular complexity index is 509. The molecule has 2 rings (SSSR count). The zero-order valence-electron chi connectivity index (χ0n) is 11.9.